The molecular weight excluding hydrogens is 618 g/mol. The number of carbonyl (C=O) groups is 1. The molecule has 1 aliphatic carbocycles. The number of carbonyl (C=O) groups excluding carboxylic acids is 1. The normalized spacial score (nSPS) is 19.7. The summed E-state index contributed by atoms with van der Waals surface area (Å²) in [7, 11) is 3.90. The number of piperidine rings is 1. The zero-order valence-corrected chi connectivity index (χ0v) is 28.7. The SMILES string of the molecule is CN(CCO)C[C@H]1CCCN(c2nnc3ccc(O[C@@H]4CC[C@H](NC(=O)Nc5cc(C(C)(C)C)nn5C)c5ccccc54)cn23)C1.[Cl-].[H+]. The summed E-state index contributed by atoms with van der Waals surface area (Å²) in [5.41, 5.74) is 3.73. The van der Waals surface area contributed by atoms with E-state index in [2.05, 4.69) is 75.7 Å². The average molecular weight is 666 g/mol. The molecule has 1 aliphatic heterocycles. The van der Waals surface area contributed by atoms with E-state index in [-0.39, 0.29) is 44.0 Å². The van der Waals surface area contributed by atoms with E-state index in [4.69, 9.17) is 4.74 Å². The van der Waals surface area contributed by atoms with Gasteiger partial charge in [-0.2, -0.15) is 5.10 Å². The van der Waals surface area contributed by atoms with Crippen LogP contribution >= 0.6 is 0 Å². The van der Waals surface area contributed by atoms with Gasteiger partial charge in [-0.05, 0) is 61.9 Å². The minimum Gasteiger partial charge on any atom is -1.00 e. The topological polar surface area (TPSA) is 125 Å². The number of urea groups is 1. The predicted molar refractivity (Wildman–Crippen MR) is 179 cm³/mol. The van der Waals surface area contributed by atoms with Crippen molar-refractivity contribution in [2.45, 2.75) is 64.0 Å². The van der Waals surface area contributed by atoms with Crippen LogP contribution in [0.25, 0.3) is 5.65 Å². The molecule has 2 amide bonds. The van der Waals surface area contributed by atoms with Crippen LogP contribution in [0, 0.1) is 5.92 Å². The number of pyridine rings is 1. The van der Waals surface area contributed by atoms with Gasteiger partial charge in [-0.25, -0.2) is 4.79 Å². The number of halogens is 1. The summed E-state index contributed by atoms with van der Waals surface area (Å²) in [5.74, 6) is 2.74. The molecule has 3 N–H and O–H groups in total. The van der Waals surface area contributed by atoms with Gasteiger partial charge in [0.2, 0.25) is 5.95 Å². The van der Waals surface area contributed by atoms with Crippen molar-refractivity contribution in [3.63, 3.8) is 0 Å². The lowest BCUT2D eigenvalue weighted by molar-refractivity contribution is -0.0000152. The largest absolute Gasteiger partial charge is 1.00 e. The first-order chi connectivity index (χ1) is 22.1. The number of anilines is 2. The third kappa shape index (κ3) is 7.82. The van der Waals surface area contributed by atoms with E-state index in [1.807, 2.05) is 48.0 Å². The number of ether oxygens (including phenoxy) is 1. The molecular formula is C34H48ClN9O3. The van der Waals surface area contributed by atoms with Crippen LogP contribution in [-0.4, -0.2) is 80.2 Å². The van der Waals surface area contributed by atoms with Crippen LogP contribution in [0.5, 0.6) is 5.75 Å². The molecule has 4 heterocycles. The maximum atomic E-state index is 13.1. The molecule has 0 saturated carbocycles. The van der Waals surface area contributed by atoms with Crippen molar-refractivity contribution in [3.05, 3.63) is 65.5 Å². The number of aromatic nitrogens is 5. The Hall–Kier alpha value is -3.87. The molecule has 1 aromatic carbocycles. The fourth-order valence-corrected chi connectivity index (χ4v) is 6.69. The second-order valence-corrected chi connectivity index (χ2v) is 13.8. The highest BCUT2D eigenvalue weighted by Crippen LogP contribution is 2.39. The molecule has 3 atom stereocenters. The van der Waals surface area contributed by atoms with Gasteiger partial charge in [0.15, 0.2) is 5.65 Å². The number of nitrogens with zero attached hydrogens (tertiary/aromatic N) is 7. The molecule has 0 spiro atoms. The van der Waals surface area contributed by atoms with Gasteiger partial charge in [-0.3, -0.25) is 14.4 Å². The first-order valence-corrected chi connectivity index (χ1v) is 16.4. The minimum absolute atomic E-state index is 0. The number of rotatable bonds is 9. The predicted octanol–water partition coefficient (Wildman–Crippen LogP) is 1.79. The lowest BCUT2D eigenvalue weighted by Gasteiger charge is -2.34. The molecule has 3 aromatic heterocycles. The van der Waals surface area contributed by atoms with Crippen molar-refractivity contribution in [2.75, 3.05) is 50.1 Å². The van der Waals surface area contributed by atoms with E-state index in [1.165, 1.54) is 0 Å². The number of hydrogen-bond acceptors (Lipinski definition) is 8. The van der Waals surface area contributed by atoms with E-state index in [0.29, 0.717) is 18.3 Å². The van der Waals surface area contributed by atoms with E-state index in [1.54, 1.807) is 4.68 Å². The van der Waals surface area contributed by atoms with Crippen molar-refractivity contribution in [1.82, 2.24) is 34.6 Å². The summed E-state index contributed by atoms with van der Waals surface area (Å²) in [6.45, 7) is 9.95. The number of aliphatic hydroxyl groups excluding tert-OH is 1. The van der Waals surface area contributed by atoms with Crippen LogP contribution in [0.1, 0.15) is 76.8 Å². The van der Waals surface area contributed by atoms with E-state index in [9.17, 15) is 9.90 Å². The van der Waals surface area contributed by atoms with Crippen LogP contribution in [0.4, 0.5) is 16.6 Å². The number of aliphatic hydroxyl groups is 1. The zero-order valence-electron chi connectivity index (χ0n) is 29.0. The minimum atomic E-state index is -0.256. The van der Waals surface area contributed by atoms with Gasteiger partial charge in [-0.1, -0.05) is 45.0 Å². The molecule has 254 valence electrons. The number of nitrogens with one attached hydrogen (secondary N) is 2. The first kappa shape index (κ1) is 34.5. The zero-order chi connectivity index (χ0) is 32.4. The Balaban J connectivity index is 0.00000260. The summed E-state index contributed by atoms with van der Waals surface area (Å²) in [6, 6.07) is 13.6. The number of fused-ring (bicyclic) bond motifs is 2. The summed E-state index contributed by atoms with van der Waals surface area (Å²) in [5, 5.41) is 29.0. The maximum Gasteiger partial charge on any atom is 1.00 e. The molecule has 1 saturated heterocycles. The standard InChI is InChI=1S/C34H47N9O3.ClH/c1-34(2,3)29-19-31(41(5)39-29)36-32(45)35-27-13-14-28(26-11-7-6-10-25(26)27)46-24-12-15-30-37-38-33(43(30)22-24)42-16-8-9-23(21-42)20-40(4)17-18-44;/h6-7,10-12,15,19,22-23,27-28,44H,8-9,13-14,16-18,20-21H2,1-5H3,(H2,35,36,45);1H/t23-,27+,28-;/m1./s1. The third-order valence-corrected chi connectivity index (χ3v) is 9.12. The van der Waals surface area contributed by atoms with Gasteiger partial charge >= 0.3 is 7.46 Å². The molecule has 1 fully saturated rings. The van der Waals surface area contributed by atoms with Crippen LogP contribution in [0.15, 0.2) is 48.7 Å². The van der Waals surface area contributed by atoms with Crippen LogP contribution in [0.2, 0.25) is 0 Å². The van der Waals surface area contributed by atoms with Gasteiger partial charge in [0, 0.05) is 44.7 Å². The quantitative estimate of drug-likeness (QED) is 0.247. The molecule has 4 aromatic rings. The highest BCUT2D eigenvalue weighted by molar-refractivity contribution is 5.88. The van der Waals surface area contributed by atoms with E-state index in [0.717, 1.165) is 79.5 Å². The summed E-state index contributed by atoms with van der Waals surface area (Å²) in [4.78, 5) is 17.6. The Morgan fingerprint density at radius 3 is 2.66 bits per heavy atom. The Morgan fingerprint density at radius 2 is 1.91 bits per heavy atom. The van der Waals surface area contributed by atoms with Gasteiger partial charge in [0.1, 0.15) is 17.7 Å². The number of likely N-dealkylation sites (N-methyl/N-ethyl adjacent to an activating group) is 1. The molecule has 12 nitrogen and oxygen atoms in total. The van der Waals surface area contributed by atoms with Crippen molar-refractivity contribution in [3.8, 4) is 5.75 Å². The smallest absolute Gasteiger partial charge is 1.00 e. The van der Waals surface area contributed by atoms with Crippen molar-refractivity contribution < 1.29 is 28.5 Å². The van der Waals surface area contributed by atoms with Crippen LogP contribution < -0.4 is 32.7 Å². The molecule has 0 radical (unpaired) electrons. The van der Waals surface area contributed by atoms with E-state index < -0.39 is 0 Å². The van der Waals surface area contributed by atoms with Crippen molar-refractivity contribution >= 4 is 23.4 Å². The summed E-state index contributed by atoms with van der Waals surface area (Å²) in [6.07, 6.45) is 5.60. The highest BCUT2D eigenvalue weighted by atomic mass is 35.5. The molecule has 2 aliphatic rings. The highest BCUT2D eigenvalue weighted by Gasteiger charge is 2.30. The second kappa shape index (κ2) is 14.5. The Bertz CT molecular complexity index is 1670. The van der Waals surface area contributed by atoms with Crippen LogP contribution in [-0.2, 0) is 12.5 Å². The number of hydrogen-bond donors (Lipinski definition) is 3. The summed E-state index contributed by atoms with van der Waals surface area (Å²) >= 11 is 0. The van der Waals surface area contributed by atoms with E-state index >= 15 is 0 Å². The molecule has 0 bridgehead atoms. The summed E-state index contributed by atoms with van der Waals surface area (Å²) < 4.78 is 10.4. The molecule has 0 unspecified atom stereocenters. The average Bonchev–Trinajstić information content (AvgIpc) is 3.61. The molecule has 6 rings (SSSR count). The molecule has 47 heavy (non-hydrogen) atoms. The van der Waals surface area contributed by atoms with Crippen molar-refractivity contribution in [2.24, 2.45) is 13.0 Å². The van der Waals surface area contributed by atoms with Gasteiger partial charge in [0.25, 0.3) is 0 Å². The fourth-order valence-electron chi connectivity index (χ4n) is 6.69. The molecule has 13 heteroatoms. The fraction of sp³-hybridized carbons (Fsp3) is 0.529. The number of aryl methyl sites for hydroxylation is 1. The lowest BCUT2D eigenvalue weighted by atomic mass is 9.85. The second-order valence-electron chi connectivity index (χ2n) is 13.8. The van der Waals surface area contributed by atoms with Gasteiger partial charge in [0.05, 0.1) is 24.5 Å². The Labute approximate surface area is 284 Å². The van der Waals surface area contributed by atoms with Crippen LogP contribution in [0.3, 0.4) is 0 Å². The number of benzene rings is 1. The Morgan fingerprint density at radius 1 is 1.13 bits per heavy atom. The first-order valence-electron chi connectivity index (χ1n) is 16.4. The monoisotopic (exact) mass is 665 g/mol. The van der Waals surface area contributed by atoms with Gasteiger partial charge < -0.3 is 37.4 Å². The van der Waals surface area contributed by atoms with Crippen molar-refractivity contribution in [1.29, 1.82) is 0 Å². The maximum absolute atomic E-state index is 13.1. The third-order valence-electron chi connectivity index (χ3n) is 9.12. The Kier molecular flexibility index (Phi) is 10.6. The number of amides is 2. The lowest BCUT2D eigenvalue weighted by Crippen LogP contribution is -3.00. The van der Waals surface area contributed by atoms with Gasteiger partial charge in [-0.15, -0.1) is 10.2 Å².